The van der Waals surface area contributed by atoms with Crippen LogP contribution in [-0.2, 0) is 11.3 Å². The van der Waals surface area contributed by atoms with Gasteiger partial charge in [-0.1, -0.05) is 18.2 Å². The van der Waals surface area contributed by atoms with Crippen LogP contribution in [-0.4, -0.2) is 45.2 Å². The Morgan fingerprint density at radius 1 is 1.13 bits per heavy atom. The van der Waals surface area contributed by atoms with Crippen LogP contribution in [0.5, 0.6) is 0 Å². The molecule has 0 fully saturated rings. The average molecular weight is 409 g/mol. The highest BCUT2D eigenvalue weighted by Crippen LogP contribution is 2.23. The van der Waals surface area contributed by atoms with Crippen LogP contribution in [0.15, 0.2) is 30.3 Å². The Hall–Kier alpha value is -3.35. The SMILES string of the molecule is CCOC(=O)c1c(C)[nH]c(C(=O)N(C)Cc2c(C)nn(-c3ccccc3)c2C)c1C. The van der Waals surface area contributed by atoms with E-state index < -0.39 is 5.97 Å². The zero-order valence-electron chi connectivity index (χ0n) is 18.4. The van der Waals surface area contributed by atoms with Crippen molar-refractivity contribution in [2.45, 2.75) is 41.2 Å². The third-order valence-corrected chi connectivity index (χ3v) is 5.31. The Kier molecular flexibility index (Phi) is 6.10. The Labute approximate surface area is 176 Å². The van der Waals surface area contributed by atoms with Crippen molar-refractivity contribution in [2.75, 3.05) is 13.7 Å². The number of hydrogen-bond donors (Lipinski definition) is 1. The van der Waals surface area contributed by atoms with E-state index >= 15 is 0 Å². The van der Waals surface area contributed by atoms with Gasteiger partial charge in [-0.05, 0) is 52.3 Å². The first-order valence-electron chi connectivity index (χ1n) is 9.98. The molecule has 1 N–H and O–H groups in total. The van der Waals surface area contributed by atoms with E-state index in [0.717, 1.165) is 22.6 Å². The fourth-order valence-corrected chi connectivity index (χ4v) is 3.70. The summed E-state index contributed by atoms with van der Waals surface area (Å²) in [5, 5.41) is 4.65. The number of benzene rings is 1. The number of nitrogens with one attached hydrogen (secondary N) is 1. The monoisotopic (exact) mass is 408 g/mol. The number of amides is 1. The summed E-state index contributed by atoms with van der Waals surface area (Å²) in [5.74, 6) is -0.598. The van der Waals surface area contributed by atoms with Crippen LogP contribution in [0.25, 0.3) is 5.69 Å². The number of carbonyl (C=O) groups is 2. The lowest BCUT2D eigenvalue weighted by Gasteiger charge is -2.17. The van der Waals surface area contributed by atoms with Crippen LogP contribution in [0.2, 0.25) is 0 Å². The highest BCUT2D eigenvalue weighted by molar-refractivity contribution is 6.00. The van der Waals surface area contributed by atoms with Crippen LogP contribution < -0.4 is 0 Å². The Balaban J connectivity index is 1.86. The van der Waals surface area contributed by atoms with Gasteiger partial charge in [0, 0.05) is 30.5 Å². The average Bonchev–Trinajstić information content (AvgIpc) is 3.18. The minimum absolute atomic E-state index is 0.183. The van der Waals surface area contributed by atoms with Crippen molar-refractivity contribution in [3.63, 3.8) is 0 Å². The van der Waals surface area contributed by atoms with Gasteiger partial charge in [0.15, 0.2) is 0 Å². The number of H-pyrrole nitrogens is 1. The molecule has 0 saturated carbocycles. The first kappa shape index (κ1) is 21.4. The van der Waals surface area contributed by atoms with Crippen LogP contribution in [0.4, 0.5) is 0 Å². The molecule has 0 spiro atoms. The Morgan fingerprint density at radius 3 is 2.43 bits per heavy atom. The molecule has 0 atom stereocenters. The van der Waals surface area contributed by atoms with Crippen molar-refractivity contribution in [2.24, 2.45) is 0 Å². The van der Waals surface area contributed by atoms with Gasteiger partial charge in [-0.25, -0.2) is 9.48 Å². The van der Waals surface area contributed by atoms with E-state index in [1.165, 1.54) is 0 Å². The molecule has 0 aliphatic rings. The van der Waals surface area contributed by atoms with Gasteiger partial charge in [-0.2, -0.15) is 5.10 Å². The summed E-state index contributed by atoms with van der Waals surface area (Å²) in [4.78, 5) is 30.1. The molecule has 0 radical (unpaired) electrons. The number of rotatable bonds is 6. The highest BCUT2D eigenvalue weighted by Gasteiger charge is 2.25. The van der Waals surface area contributed by atoms with Crippen molar-refractivity contribution in [1.82, 2.24) is 19.7 Å². The van der Waals surface area contributed by atoms with Crippen molar-refractivity contribution in [1.29, 1.82) is 0 Å². The zero-order chi connectivity index (χ0) is 22.0. The van der Waals surface area contributed by atoms with Gasteiger partial charge in [0.1, 0.15) is 5.69 Å². The second-order valence-electron chi connectivity index (χ2n) is 7.40. The van der Waals surface area contributed by atoms with E-state index in [1.807, 2.05) is 48.9 Å². The van der Waals surface area contributed by atoms with Crippen molar-refractivity contribution < 1.29 is 14.3 Å². The molecule has 1 aromatic carbocycles. The zero-order valence-corrected chi connectivity index (χ0v) is 18.4. The van der Waals surface area contributed by atoms with Gasteiger partial charge in [-0.15, -0.1) is 0 Å². The summed E-state index contributed by atoms with van der Waals surface area (Å²) < 4.78 is 7.01. The van der Waals surface area contributed by atoms with Crippen LogP contribution in [0.3, 0.4) is 0 Å². The number of aromatic amines is 1. The molecule has 30 heavy (non-hydrogen) atoms. The largest absolute Gasteiger partial charge is 0.462 e. The minimum Gasteiger partial charge on any atom is -0.462 e. The second-order valence-corrected chi connectivity index (χ2v) is 7.40. The van der Waals surface area contributed by atoms with E-state index in [0.29, 0.717) is 29.1 Å². The van der Waals surface area contributed by atoms with E-state index in [2.05, 4.69) is 10.1 Å². The number of para-hydroxylation sites is 1. The highest BCUT2D eigenvalue weighted by atomic mass is 16.5. The number of hydrogen-bond acceptors (Lipinski definition) is 4. The maximum Gasteiger partial charge on any atom is 0.340 e. The number of esters is 1. The maximum absolute atomic E-state index is 13.1. The van der Waals surface area contributed by atoms with Gasteiger partial charge in [-0.3, -0.25) is 4.79 Å². The fraction of sp³-hybridized carbons (Fsp3) is 0.348. The first-order valence-corrected chi connectivity index (χ1v) is 9.98. The van der Waals surface area contributed by atoms with Crippen LogP contribution >= 0.6 is 0 Å². The molecule has 0 unspecified atom stereocenters. The van der Waals surface area contributed by atoms with Crippen molar-refractivity contribution in [3.05, 3.63) is 69.8 Å². The Morgan fingerprint density at radius 2 is 1.80 bits per heavy atom. The molecule has 3 aromatic rings. The molecule has 1 amide bonds. The predicted octanol–water partition coefficient (Wildman–Crippen LogP) is 3.88. The molecular formula is C23H28N4O3. The summed E-state index contributed by atoms with van der Waals surface area (Å²) in [6, 6.07) is 9.91. The molecular weight excluding hydrogens is 380 g/mol. The number of nitrogens with zero attached hydrogens (tertiary/aromatic N) is 3. The quantitative estimate of drug-likeness (QED) is 0.628. The lowest BCUT2D eigenvalue weighted by molar-refractivity contribution is 0.0525. The second kappa shape index (κ2) is 8.57. The molecule has 0 bridgehead atoms. The number of aromatic nitrogens is 3. The summed E-state index contributed by atoms with van der Waals surface area (Å²) >= 11 is 0. The summed E-state index contributed by atoms with van der Waals surface area (Å²) in [5.41, 5.74) is 5.92. The van der Waals surface area contributed by atoms with Gasteiger partial charge < -0.3 is 14.6 Å². The van der Waals surface area contributed by atoms with Gasteiger partial charge in [0.25, 0.3) is 5.91 Å². The molecule has 2 heterocycles. The molecule has 2 aromatic heterocycles. The summed E-state index contributed by atoms with van der Waals surface area (Å²) in [6.07, 6.45) is 0. The molecule has 7 heteroatoms. The standard InChI is InChI=1S/C23H28N4O3/c1-7-30-23(29)20-14(2)21(24-16(20)4)22(28)26(6)13-19-15(3)25-27(17(19)5)18-11-9-8-10-12-18/h8-12,24H,7,13H2,1-6H3. The van der Waals surface area contributed by atoms with E-state index in [1.54, 1.807) is 32.7 Å². The molecule has 0 aliphatic carbocycles. The Bertz CT molecular complexity index is 1080. The summed E-state index contributed by atoms with van der Waals surface area (Å²) in [7, 11) is 1.75. The number of ether oxygens (including phenoxy) is 1. The molecule has 158 valence electrons. The lowest BCUT2D eigenvalue weighted by Crippen LogP contribution is -2.27. The normalized spacial score (nSPS) is 10.9. The molecule has 7 nitrogen and oxygen atoms in total. The number of carbonyl (C=O) groups excluding carboxylic acids is 2. The van der Waals surface area contributed by atoms with Gasteiger partial charge >= 0.3 is 5.97 Å². The van der Waals surface area contributed by atoms with Crippen molar-refractivity contribution in [3.8, 4) is 5.69 Å². The molecule has 0 aliphatic heterocycles. The smallest absolute Gasteiger partial charge is 0.340 e. The third-order valence-electron chi connectivity index (χ3n) is 5.31. The molecule has 3 rings (SSSR count). The third kappa shape index (κ3) is 3.87. The maximum atomic E-state index is 13.1. The lowest BCUT2D eigenvalue weighted by atomic mass is 10.1. The summed E-state index contributed by atoms with van der Waals surface area (Å²) in [6.45, 7) is 9.95. The predicted molar refractivity (Wildman–Crippen MR) is 115 cm³/mol. The van der Waals surface area contributed by atoms with Crippen LogP contribution in [0, 0.1) is 27.7 Å². The van der Waals surface area contributed by atoms with E-state index in [4.69, 9.17) is 4.74 Å². The fourth-order valence-electron chi connectivity index (χ4n) is 3.70. The number of aryl methyl sites for hydroxylation is 2. The van der Waals surface area contributed by atoms with Crippen molar-refractivity contribution >= 4 is 11.9 Å². The van der Waals surface area contributed by atoms with Crippen LogP contribution in [0.1, 0.15) is 56.0 Å². The molecule has 0 saturated heterocycles. The minimum atomic E-state index is -0.415. The topological polar surface area (TPSA) is 80.2 Å². The first-order chi connectivity index (χ1) is 14.3. The van der Waals surface area contributed by atoms with Gasteiger partial charge in [0.2, 0.25) is 0 Å². The van der Waals surface area contributed by atoms with Gasteiger partial charge in [0.05, 0.1) is 23.6 Å². The van der Waals surface area contributed by atoms with E-state index in [9.17, 15) is 9.59 Å². The van der Waals surface area contributed by atoms with E-state index in [-0.39, 0.29) is 12.5 Å².